The van der Waals surface area contributed by atoms with Crippen LogP contribution in [0.4, 0.5) is 4.79 Å². The molecule has 1 spiro atoms. The summed E-state index contributed by atoms with van der Waals surface area (Å²) in [5, 5.41) is 10.6. The molecule has 1 heterocycles. The molecule has 2 aromatic rings. The number of Topliss-reactive ketones (excluding diaryl/α,β-unsaturated/α-hetero) is 1. The first kappa shape index (κ1) is 22.8. The predicted octanol–water partition coefficient (Wildman–Crippen LogP) is 4.05. The predicted molar refractivity (Wildman–Crippen MR) is 135 cm³/mol. The number of carbonyl (C=O) groups is 2. The highest BCUT2D eigenvalue weighted by Crippen LogP contribution is 2.68. The van der Waals surface area contributed by atoms with Gasteiger partial charge >= 0.3 is 6.16 Å². The van der Waals surface area contributed by atoms with Crippen molar-refractivity contribution in [1.82, 2.24) is 0 Å². The standard InChI is InChI=1S/C30H31NO6/c31-22-9-12-29-25-20-7-8-23(32)26(25)36-27(29)24(33)10-13-30(29,21(22)16-20)37-28(34)35-14-11-17-5-6-18-3-1-2-4-19(18)15-17/h1-5,7-8,21-22,27,32H,6,9-16,31H2. The molecule has 2 fully saturated rings. The summed E-state index contributed by atoms with van der Waals surface area (Å²) >= 11 is 0. The molecule has 0 saturated heterocycles. The van der Waals surface area contributed by atoms with Crippen LogP contribution < -0.4 is 10.5 Å². The lowest BCUT2D eigenvalue weighted by Gasteiger charge is -2.62. The number of rotatable bonds is 4. The Morgan fingerprint density at radius 1 is 1.14 bits per heavy atom. The third-order valence-corrected chi connectivity index (χ3v) is 9.63. The van der Waals surface area contributed by atoms with E-state index in [4.69, 9.17) is 19.9 Å². The van der Waals surface area contributed by atoms with Gasteiger partial charge in [-0.15, -0.1) is 0 Å². The maximum absolute atomic E-state index is 13.2. The summed E-state index contributed by atoms with van der Waals surface area (Å²) in [5.74, 6) is 0.198. The van der Waals surface area contributed by atoms with Crippen molar-refractivity contribution >= 4 is 11.9 Å². The van der Waals surface area contributed by atoms with Crippen molar-refractivity contribution in [2.75, 3.05) is 6.61 Å². The van der Waals surface area contributed by atoms with Crippen molar-refractivity contribution in [3.63, 3.8) is 0 Å². The SMILES string of the molecule is NC1CCC23c4c5ccc(O)c4OC2C(=O)CCC3(OC(=O)OCCC2=CCc3ccccc3C2)C1C5. The van der Waals surface area contributed by atoms with Crippen LogP contribution in [0.15, 0.2) is 48.0 Å². The van der Waals surface area contributed by atoms with Gasteiger partial charge in [-0.05, 0) is 61.3 Å². The number of ether oxygens (including phenoxy) is 3. The molecule has 5 atom stereocenters. The van der Waals surface area contributed by atoms with Gasteiger partial charge in [-0.3, -0.25) is 4.79 Å². The van der Waals surface area contributed by atoms with Crippen molar-refractivity contribution < 1.29 is 28.9 Å². The molecule has 5 aliphatic rings. The van der Waals surface area contributed by atoms with E-state index in [-0.39, 0.29) is 36.5 Å². The van der Waals surface area contributed by atoms with Gasteiger partial charge < -0.3 is 25.1 Å². The molecule has 3 N–H and O–H groups in total. The second-order valence-electron chi connectivity index (χ2n) is 11.2. The average Bonchev–Trinajstić information content (AvgIpc) is 3.26. The van der Waals surface area contributed by atoms with E-state index in [9.17, 15) is 14.7 Å². The topological polar surface area (TPSA) is 108 Å². The molecule has 192 valence electrons. The number of hydrogen-bond donors (Lipinski definition) is 2. The van der Waals surface area contributed by atoms with Crippen molar-refractivity contribution in [3.05, 3.63) is 70.3 Å². The van der Waals surface area contributed by atoms with Gasteiger partial charge in [-0.1, -0.05) is 42.0 Å². The van der Waals surface area contributed by atoms with E-state index in [1.165, 1.54) is 16.7 Å². The Morgan fingerprint density at radius 2 is 1.97 bits per heavy atom. The fourth-order valence-corrected chi connectivity index (χ4v) is 8.01. The van der Waals surface area contributed by atoms with Gasteiger partial charge in [0.15, 0.2) is 23.4 Å². The van der Waals surface area contributed by atoms with Crippen LogP contribution in [-0.4, -0.2) is 41.4 Å². The normalized spacial score (nSPS) is 32.5. The minimum absolute atomic E-state index is 0.0162. The van der Waals surface area contributed by atoms with E-state index in [1.54, 1.807) is 6.07 Å². The van der Waals surface area contributed by atoms with Crippen LogP contribution in [0.5, 0.6) is 11.5 Å². The number of aromatic hydroxyl groups is 1. The Hall–Kier alpha value is -3.32. The van der Waals surface area contributed by atoms with Crippen molar-refractivity contribution in [3.8, 4) is 11.5 Å². The molecule has 2 bridgehead atoms. The summed E-state index contributed by atoms with van der Waals surface area (Å²) in [4.78, 5) is 26.4. The molecule has 0 radical (unpaired) electrons. The molecule has 37 heavy (non-hydrogen) atoms. The zero-order chi connectivity index (χ0) is 25.4. The molecule has 0 aromatic heterocycles. The third-order valence-electron chi connectivity index (χ3n) is 9.63. The van der Waals surface area contributed by atoms with Crippen LogP contribution in [0.25, 0.3) is 0 Å². The Kier molecular flexibility index (Phi) is 4.99. The summed E-state index contributed by atoms with van der Waals surface area (Å²) in [5.41, 5.74) is 10.6. The first-order chi connectivity index (χ1) is 17.9. The first-order valence-corrected chi connectivity index (χ1v) is 13.3. The Labute approximate surface area is 215 Å². The Bertz CT molecular complexity index is 1350. The van der Waals surface area contributed by atoms with Crippen molar-refractivity contribution in [2.24, 2.45) is 11.7 Å². The number of phenols is 1. The van der Waals surface area contributed by atoms with Crippen molar-refractivity contribution in [1.29, 1.82) is 0 Å². The molecule has 0 amide bonds. The monoisotopic (exact) mass is 501 g/mol. The Morgan fingerprint density at radius 3 is 2.84 bits per heavy atom. The zero-order valence-corrected chi connectivity index (χ0v) is 20.7. The van der Waals surface area contributed by atoms with E-state index in [0.29, 0.717) is 37.9 Å². The van der Waals surface area contributed by atoms with Crippen LogP contribution in [0, 0.1) is 5.92 Å². The van der Waals surface area contributed by atoms with Gasteiger partial charge in [-0.2, -0.15) is 0 Å². The molecule has 7 rings (SSSR count). The number of fused-ring (bicyclic) bond motifs is 1. The minimum atomic E-state index is -1.00. The van der Waals surface area contributed by atoms with E-state index in [1.807, 2.05) is 6.07 Å². The number of nitrogens with two attached hydrogens (primary N) is 1. The van der Waals surface area contributed by atoms with E-state index < -0.39 is 23.3 Å². The number of allylic oxidation sites excluding steroid dienone is 1. The number of hydrogen-bond acceptors (Lipinski definition) is 7. The molecule has 2 saturated carbocycles. The van der Waals surface area contributed by atoms with Gasteiger partial charge in [0.05, 0.1) is 12.0 Å². The number of benzene rings is 2. The lowest BCUT2D eigenvalue weighted by Crippen LogP contribution is -2.74. The smallest absolute Gasteiger partial charge is 0.504 e. The lowest BCUT2D eigenvalue weighted by atomic mass is 9.44. The third kappa shape index (κ3) is 3.10. The van der Waals surface area contributed by atoms with Gasteiger partial charge in [0.2, 0.25) is 0 Å². The number of ketones is 1. The maximum Gasteiger partial charge on any atom is 0.508 e. The van der Waals surface area contributed by atoms with Gasteiger partial charge in [-0.25, -0.2) is 4.79 Å². The second kappa shape index (κ2) is 8.09. The highest BCUT2D eigenvalue weighted by Gasteiger charge is 2.75. The summed E-state index contributed by atoms with van der Waals surface area (Å²) < 4.78 is 18.2. The number of phenolic OH excluding ortho intramolecular Hbond substituents is 1. The average molecular weight is 502 g/mol. The molecule has 7 nitrogen and oxygen atoms in total. The molecule has 2 aromatic carbocycles. The summed E-state index contributed by atoms with van der Waals surface area (Å²) in [6, 6.07) is 11.8. The highest BCUT2D eigenvalue weighted by molar-refractivity contribution is 5.90. The molecule has 4 aliphatic carbocycles. The largest absolute Gasteiger partial charge is 0.508 e. The molecule has 7 heteroatoms. The van der Waals surface area contributed by atoms with Crippen molar-refractivity contribution in [2.45, 2.75) is 74.5 Å². The highest BCUT2D eigenvalue weighted by atomic mass is 16.7. The second-order valence-corrected chi connectivity index (χ2v) is 11.2. The molecule has 5 unspecified atom stereocenters. The van der Waals surface area contributed by atoms with Gasteiger partial charge in [0.1, 0.15) is 5.60 Å². The fourth-order valence-electron chi connectivity index (χ4n) is 8.01. The maximum atomic E-state index is 13.2. The molecular weight excluding hydrogens is 470 g/mol. The van der Waals surface area contributed by atoms with Gasteiger partial charge in [0.25, 0.3) is 0 Å². The summed E-state index contributed by atoms with van der Waals surface area (Å²) in [6.07, 6.45) is 5.59. The zero-order valence-electron chi connectivity index (χ0n) is 20.7. The first-order valence-electron chi connectivity index (χ1n) is 13.3. The minimum Gasteiger partial charge on any atom is -0.504 e. The lowest BCUT2D eigenvalue weighted by molar-refractivity contribution is -0.188. The fraction of sp³-hybridized carbons (Fsp3) is 0.467. The molecular formula is C30H31NO6. The van der Waals surface area contributed by atoms with Gasteiger partial charge in [0, 0.05) is 30.4 Å². The van der Waals surface area contributed by atoms with E-state index in [0.717, 1.165) is 24.0 Å². The van der Waals surface area contributed by atoms with Crippen LogP contribution in [-0.2, 0) is 38.9 Å². The molecule has 1 aliphatic heterocycles. The summed E-state index contributed by atoms with van der Waals surface area (Å²) in [6.45, 7) is 0.230. The van der Waals surface area contributed by atoms with E-state index in [2.05, 4.69) is 30.3 Å². The van der Waals surface area contributed by atoms with E-state index >= 15 is 0 Å². The van der Waals surface area contributed by atoms with Crippen LogP contribution in [0.2, 0.25) is 0 Å². The summed E-state index contributed by atoms with van der Waals surface area (Å²) in [7, 11) is 0. The van der Waals surface area contributed by atoms with Crippen LogP contribution in [0.1, 0.15) is 54.4 Å². The Balaban J connectivity index is 1.15. The van der Waals surface area contributed by atoms with Crippen LogP contribution in [0.3, 0.4) is 0 Å². The number of carbonyl (C=O) groups excluding carboxylic acids is 2. The van der Waals surface area contributed by atoms with Crippen LogP contribution >= 0.6 is 0 Å². The quantitative estimate of drug-likeness (QED) is 0.481.